The molecular weight excluding hydrogens is 353 g/mol. The van der Waals surface area contributed by atoms with E-state index < -0.39 is 5.60 Å². The minimum Gasteiger partial charge on any atom is -0.388 e. The molecule has 1 aliphatic rings. The number of hydrogen-bond acceptors (Lipinski definition) is 2. The molecule has 114 valence electrons. The second kappa shape index (κ2) is 10.7. The van der Waals surface area contributed by atoms with Crippen LogP contribution in [-0.4, -0.2) is 36.3 Å². The quantitative estimate of drug-likeness (QED) is 0.286. The van der Waals surface area contributed by atoms with Crippen LogP contribution in [0.4, 0.5) is 0 Å². The second-order valence-corrected chi connectivity index (χ2v) is 5.26. The largest absolute Gasteiger partial charge is 0.388 e. The zero-order valence-corrected chi connectivity index (χ0v) is 14.7. The van der Waals surface area contributed by atoms with Gasteiger partial charge in [0.05, 0.1) is 12.1 Å². The zero-order valence-electron chi connectivity index (χ0n) is 12.4. The Morgan fingerprint density at radius 2 is 1.84 bits per heavy atom. The third-order valence-electron chi connectivity index (χ3n) is 3.48. The van der Waals surface area contributed by atoms with Gasteiger partial charge in [0.15, 0.2) is 5.96 Å². The van der Waals surface area contributed by atoms with Gasteiger partial charge in [0.25, 0.3) is 0 Å². The summed E-state index contributed by atoms with van der Waals surface area (Å²) in [6.07, 6.45) is 7.62. The van der Waals surface area contributed by atoms with E-state index in [-0.39, 0.29) is 24.0 Å². The molecule has 0 aromatic carbocycles. The van der Waals surface area contributed by atoms with Crippen molar-refractivity contribution in [3.63, 3.8) is 0 Å². The number of aliphatic imine (C=N–C) groups is 1. The van der Waals surface area contributed by atoms with Crippen LogP contribution >= 0.6 is 24.0 Å². The molecule has 19 heavy (non-hydrogen) atoms. The number of halogens is 1. The molecule has 0 aromatic heterocycles. The van der Waals surface area contributed by atoms with Crippen LogP contribution in [0.25, 0.3) is 0 Å². The van der Waals surface area contributed by atoms with Crippen molar-refractivity contribution in [2.75, 3.05) is 19.6 Å². The van der Waals surface area contributed by atoms with E-state index in [2.05, 4.69) is 29.5 Å². The van der Waals surface area contributed by atoms with Gasteiger partial charge in [0, 0.05) is 13.1 Å². The maximum absolute atomic E-state index is 10.4. The van der Waals surface area contributed by atoms with Crippen molar-refractivity contribution >= 4 is 29.9 Å². The van der Waals surface area contributed by atoms with Crippen molar-refractivity contribution in [2.45, 2.75) is 64.4 Å². The van der Waals surface area contributed by atoms with Gasteiger partial charge in [-0.15, -0.1) is 24.0 Å². The summed E-state index contributed by atoms with van der Waals surface area (Å²) in [5.41, 5.74) is -0.564. The van der Waals surface area contributed by atoms with Crippen molar-refractivity contribution in [2.24, 2.45) is 4.99 Å². The van der Waals surface area contributed by atoms with Crippen LogP contribution in [0.15, 0.2) is 4.99 Å². The van der Waals surface area contributed by atoms with Crippen molar-refractivity contribution in [1.82, 2.24) is 10.6 Å². The average molecular weight is 383 g/mol. The molecule has 5 heteroatoms. The lowest BCUT2D eigenvalue weighted by atomic mass is 9.85. The van der Waals surface area contributed by atoms with Gasteiger partial charge in [-0.2, -0.15) is 0 Å². The smallest absolute Gasteiger partial charge is 0.191 e. The number of guanidine groups is 1. The molecule has 1 fully saturated rings. The molecule has 0 bridgehead atoms. The molecule has 0 unspecified atom stereocenters. The third-order valence-corrected chi connectivity index (χ3v) is 3.48. The molecule has 0 aromatic rings. The summed E-state index contributed by atoms with van der Waals surface area (Å²) in [5.74, 6) is 0.838. The van der Waals surface area contributed by atoms with E-state index in [4.69, 9.17) is 0 Å². The Hall–Kier alpha value is -0.0400. The van der Waals surface area contributed by atoms with Crippen LogP contribution in [0.2, 0.25) is 0 Å². The standard InChI is InChI=1S/C14H29N3O.HI/c1-3-5-11-16-13(15-4-2)17-12-14(18)9-7-6-8-10-14;/h18H,3-12H2,1-2H3,(H2,15,16,17);1H. The Bertz CT molecular complexity index is 253. The van der Waals surface area contributed by atoms with Gasteiger partial charge in [-0.1, -0.05) is 32.6 Å². The number of unbranched alkanes of at least 4 members (excludes halogenated alkanes) is 1. The summed E-state index contributed by atoms with van der Waals surface area (Å²) in [4.78, 5) is 4.53. The highest BCUT2D eigenvalue weighted by Gasteiger charge is 2.28. The lowest BCUT2D eigenvalue weighted by Crippen LogP contribution is -2.41. The Labute approximate surface area is 134 Å². The summed E-state index contributed by atoms with van der Waals surface area (Å²) in [7, 11) is 0. The normalized spacial score (nSPS) is 18.6. The summed E-state index contributed by atoms with van der Waals surface area (Å²) in [6, 6.07) is 0. The molecule has 0 spiro atoms. The number of aliphatic hydroxyl groups is 1. The minimum absolute atomic E-state index is 0. The topological polar surface area (TPSA) is 56.7 Å². The summed E-state index contributed by atoms with van der Waals surface area (Å²) in [5, 5.41) is 16.9. The van der Waals surface area contributed by atoms with Crippen molar-refractivity contribution < 1.29 is 5.11 Å². The molecule has 3 N–H and O–H groups in total. The van der Waals surface area contributed by atoms with Gasteiger partial charge >= 0.3 is 0 Å². The van der Waals surface area contributed by atoms with Crippen LogP contribution < -0.4 is 10.6 Å². The fourth-order valence-electron chi connectivity index (χ4n) is 2.32. The first-order valence-electron chi connectivity index (χ1n) is 7.45. The van der Waals surface area contributed by atoms with Crippen LogP contribution in [0, 0.1) is 0 Å². The SMILES string of the molecule is CCCCNC(=NCC1(O)CCCCC1)NCC.I. The number of hydrogen-bond donors (Lipinski definition) is 3. The molecule has 1 rings (SSSR count). The molecule has 0 radical (unpaired) electrons. The molecular formula is C14H30IN3O. The number of rotatable bonds is 6. The minimum atomic E-state index is -0.564. The molecule has 1 aliphatic carbocycles. The summed E-state index contributed by atoms with van der Waals surface area (Å²) in [6.45, 7) is 6.56. The van der Waals surface area contributed by atoms with E-state index in [0.29, 0.717) is 6.54 Å². The molecule has 0 atom stereocenters. The highest BCUT2D eigenvalue weighted by atomic mass is 127. The van der Waals surface area contributed by atoms with Crippen molar-refractivity contribution in [3.05, 3.63) is 0 Å². The highest BCUT2D eigenvalue weighted by Crippen LogP contribution is 2.28. The van der Waals surface area contributed by atoms with Gasteiger partial charge in [0.1, 0.15) is 0 Å². The monoisotopic (exact) mass is 383 g/mol. The first-order chi connectivity index (χ1) is 8.70. The van der Waals surface area contributed by atoms with Crippen LogP contribution in [0.5, 0.6) is 0 Å². The lowest BCUT2D eigenvalue weighted by Gasteiger charge is -2.30. The van der Waals surface area contributed by atoms with Crippen LogP contribution in [0.3, 0.4) is 0 Å². The van der Waals surface area contributed by atoms with Crippen LogP contribution in [-0.2, 0) is 0 Å². The molecule has 0 heterocycles. The van der Waals surface area contributed by atoms with Gasteiger partial charge < -0.3 is 15.7 Å². The van der Waals surface area contributed by atoms with E-state index in [1.54, 1.807) is 0 Å². The lowest BCUT2D eigenvalue weighted by molar-refractivity contribution is 0.0131. The van der Waals surface area contributed by atoms with E-state index >= 15 is 0 Å². The van der Waals surface area contributed by atoms with Gasteiger partial charge in [-0.25, -0.2) is 0 Å². The molecule has 4 nitrogen and oxygen atoms in total. The summed E-state index contributed by atoms with van der Waals surface area (Å²) >= 11 is 0. The summed E-state index contributed by atoms with van der Waals surface area (Å²) < 4.78 is 0. The fraction of sp³-hybridized carbons (Fsp3) is 0.929. The number of nitrogens with one attached hydrogen (secondary N) is 2. The van der Waals surface area contributed by atoms with Gasteiger partial charge in [-0.3, -0.25) is 4.99 Å². The molecule has 1 saturated carbocycles. The predicted octanol–water partition coefficient (Wildman–Crippen LogP) is 2.65. The predicted molar refractivity (Wildman–Crippen MR) is 92.3 cm³/mol. The van der Waals surface area contributed by atoms with E-state index in [1.807, 2.05) is 0 Å². The van der Waals surface area contributed by atoms with Crippen LogP contribution in [0.1, 0.15) is 58.8 Å². The van der Waals surface area contributed by atoms with Gasteiger partial charge in [-0.05, 0) is 26.2 Å². The highest BCUT2D eigenvalue weighted by molar-refractivity contribution is 14.0. The average Bonchev–Trinajstić information content (AvgIpc) is 2.37. The Morgan fingerprint density at radius 3 is 2.42 bits per heavy atom. The maximum atomic E-state index is 10.4. The molecule has 0 aliphatic heterocycles. The Morgan fingerprint density at radius 1 is 1.16 bits per heavy atom. The van der Waals surface area contributed by atoms with Gasteiger partial charge in [0.2, 0.25) is 0 Å². The number of nitrogens with zero attached hydrogens (tertiary/aromatic N) is 1. The maximum Gasteiger partial charge on any atom is 0.191 e. The van der Waals surface area contributed by atoms with Crippen molar-refractivity contribution in [1.29, 1.82) is 0 Å². The third kappa shape index (κ3) is 7.97. The van der Waals surface area contributed by atoms with E-state index in [1.165, 1.54) is 12.8 Å². The van der Waals surface area contributed by atoms with E-state index in [9.17, 15) is 5.11 Å². The zero-order chi connectivity index (χ0) is 13.3. The molecule has 0 amide bonds. The van der Waals surface area contributed by atoms with E-state index in [0.717, 1.165) is 51.2 Å². The van der Waals surface area contributed by atoms with Crippen molar-refractivity contribution in [3.8, 4) is 0 Å². The Kier molecular flexibility index (Phi) is 10.7. The second-order valence-electron chi connectivity index (χ2n) is 5.26. The first kappa shape index (κ1) is 19.0. The fourth-order valence-corrected chi connectivity index (χ4v) is 2.32. The molecule has 0 saturated heterocycles. The first-order valence-corrected chi connectivity index (χ1v) is 7.45. The Balaban J connectivity index is 0.00000324.